The van der Waals surface area contributed by atoms with Crippen LogP contribution in [0.3, 0.4) is 0 Å². The second-order valence-electron chi connectivity index (χ2n) is 15.1. The highest BCUT2D eigenvalue weighted by Gasteiger charge is 2.50. The van der Waals surface area contributed by atoms with E-state index in [4.69, 9.17) is 19.2 Å². The van der Waals surface area contributed by atoms with Gasteiger partial charge in [0.2, 0.25) is 0 Å². The van der Waals surface area contributed by atoms with Crippen LogP contribution in [0.25, 0.3) is 22.3 Å². The number of likely N-dealkylation sites (tertiary alicyclic amines) is 1. The number of aromatic nitrogens is 3. The number of ether oxygens (including phenoxy) is 3. The summed E-state index contributed by atoms with van der Waals surface area (Å²) in [5, 5.41) is 23.9. The van der Waals surface area contributed by atoms with E-state index in [2.05, 4.69) is 29.9 Å². The van der Waals surface area contributed by atoms with Crippen molar-refractivity contribution in [1.82, 2.24) is 24.8 Å². The zero-order valence-corrected chi connectivity index (χ0v) is 29.8. The molecule has 1 unspecified atom stereocenters. The number of nitrogens with zero attached hydrogens (tertiary/aromatic N) is 4. The fraction of sp³-hybridized carbons (Fsp3) is 0.588. The number of nitrogens with one attached hydrogen (secondary N) is 1. The minimum Gasteiger partial charge on any atom is -0.497 e. The van der Waals surface area contributed by atoms with Crippen molar-refractivity contribution in [3.63, 3.8) is 0 Å². The number of benzene rings is 1. The fourth-order valence-corrected chi connectivity index (χ4v) is 7.08. The third kappa shape index (κ3) is 7.57. The second kappa shape index (κ2) is 13.4. The van der Waals surface area contributed by atoms with Crippen LogP contribution in [0, 0.1) is 18.3 Å². The van der Waals surface area contributed by atoms with E-state index in [0.717, 1.165) is 24.4 Å². The summed E-state index contributed by atoms with van der Waals surface area (Å²) in [5.41, 5.74) is 2.76. The van der Waals surface area contributed by atoms with Crippen molar-refractivity contribution in [1.29, 1.82) is 0 Å². The first kappa shape index (κ1) is 34.6. The average Bonchev–Trinajstić information content (AvgIpc) is 3.70. The molecular weight excluding hydrogens is 618 g/mol. The summed E-state index contributed by atoms with van der Waals surface area (Å²) in [5.74, 6) is 1.36. The molecule has 12 nitrogen and oxygen atoms in total. The largest absolute Gasteiger partial charge is 0.497 e. The molecule has 256 valence electrons. The van der Waals surface area contributed by atoms with Gasteiger partial charge >= 0.3 is 6.09 Å². The average molecular weight is 668 g/mol. The summed E-state index contributed by atoms with van der Waals surface area (Å²) in [6.45, 7) is 15.7. The first-order valence-electron chi connectivity index (χ1n) is 16.3. The molecule has 3 atom stereocenters. The molecule has 1 aromatic carbocycles. The number of hydrogen-bond donors (Lipinski definition) is 3. The van der Waals surface area contributed by atoms with E-state index in [0.29, 0.717) is 58.6 Å². The van der Waals surface area contributed by atoms with Gasteiger partial charge in [0.25, 0.3) is 5.91 Å². The summed E-state index contributed by atoms with van der Waals surface area (Å²) in [6.07, 6.45) is 1.51. The number of aliphatic hydroxyl groups excluding tert-OH is 1. The zero-order chi connectivity index (χ0) is 34.3. The fourth-order valence-electron chi connectivity index (χ4n) is 6.33. The number of amides is 2. The zero-order valence-electron chi connectivity index (χ0n) is 28.8. The lowest BCUT2D eigenvalue weighted by Gasteiger charge is -2.37. The van der Waals surface area contributed by atoms with E-state index in [1.54, 1.807) is 7.11 Å². The van der Waals surface area contributed by atoms with E-state index in [-0.39, 0.29) is 13.3 Å². The van der Waals surface area contributed by atoms with Crippen molar-refractivity contribution in [3.8, 4) is 22.8 Å². The Balaban J connectivity index is 1.60. The highest BCUT2D eigenvalue weighted by molar-refractivity contribution is 6.76. The molecule has 1 saturated carbocycles. The molecule has 0 bridgehead atoms. The van der Waals surface area contributed by atoms with E-state index in [9.17, 15) is 19.8 Å². The molecule has 3 aromatic rings. The number of hydrogen-bond acceptors (Lipinski definition) is 8. The Hall–Kier alpha value is -3.68. The number of rotatable bonds is 12. The Kier molecular flexibility index (Phi) is 9.91. The highest BCUT2D eigenvalue weighted by Crippen LogP contribution is 2.40. The third-order valence-electron chi connectivity index (χ3n) is 9.06. The maximum absolute atomic E-state index is 14.2. The molecule has 1 aliphatic heterocycles. The number of fused-ring (bicyclic) bond motifs is 1. The van der Waals surface area contributed by atoms with Gasteiger partial charge in [-0.25, -0.2) is 14.8 Å². The molecule has 1 aliphatic carbocycles. The van der Waals surface area contributed by atoms with Crippen LogP contribution in [0.4, 0.5) is 4.79 Å². The van der Waals surface area contributed by atoms with Crippen LogP contribution in [0.2, 0.25) is 25.7 Å². The lowest BCUT2D eigenvalue weighted by atomic mass is 9.82. The summed E-state index contributed by atoms with van der Waals surface area (Å²) in [6, 6.07) is 5.13. The number of aliphatic hydroxyl groups is 1. The normalized spacial score (nSPS) is 20.1. The molecule has 5 rings (SSSR count). The molecular formula is C34H49N5O7Si. The van der Waals surface area contributed by atoms with E-state index < -0.39 is 43.7 Å². The summed E-state index contributed by atoms with van der Waals surface area (Å²) in [7, 11) is 0.259. The van der Waals surface area contributed by atoms with Crippen molar-refractivity contribution < 1.29 is 34.0 Å². The lowest BCUT2D eigenvalue weighted by molar-refractivity contribution is 0.0780. The maximum atomic E-state index is 14.2. The van der Waals surface area contributed by atoms with Crippen molar-refractivity contribution in [2.75, 3.05) is 26.9 Å². The molecule has 2 fully saturated rings. The predicted octanol–water partition coefficient (Wildman–Crippen LogP) is 5.38. The van der Waals surface area contributed by atoms with Crippen LogP contribution in [0.15, 0.2) is 24.5 Å². The van der Waals surface area contributed by atoms with E-state index in [1.165, 1.54) is 11.2 Å². The molecule has 13 heteroatoms. The Morgan fingerprint density at radius 2 is 1.87 bits per heavy atom. The molecule has 2 aromatic heterocycles. The number of carbonyl (C=O) groups is 2. The minimum absolute atomic E-state index is 0.0959. The Morgan fingerprint density at radius 1 is 1.15 bits per heavy atom. The van der Waals surface area contributed by atoms with Gasteiger partial charge in [0, 0.05) is 32.0 Å². The quantitative estimate of drug-likeness (QED) is 0.171. The van der Waals surface area contributed by atoms with Gasteiger partial charge in [0.05, 0.1) is 49.5 Å². The van der Waals surface area contributed by atoms with Crippen LogP contribution in [0.1, 0.15) is 49.7 Å². The number of β-amino-alcohol motifs (C(OH)–C–C–N with tert-alkyl or cyclic N) is 1. The highest BCUT2D eigenvalue weighted by atomic mass is 28.3. The molecule has 2 amide bonds. The summed E-state index contributed by atoms with van der Waals surface area (Å²) < 4.78 is 20.0. The van der Waals surface area contributed by atoms with Gasteiger partial charge in [0.15, 0.2) is 0 Å². The maximum Gasteiger partial charge on any atom is 0.407 e. The first-order chi connectivity index (χ1) is 22.1. The standard InChI is InChI=1S/C34H49N5O7Si/c1-20-26(32(41)37-28-24(40)16-38(33(42)43)31(28)34(2,3)4)29-30(39(20)19-45-13-14-47(6,7)8)27(35-18-36-29)23-12-11-22(44-5)15-25(23)46-17-21-9-10-21/h11-12,15,18,21,24,28,31,40H,9-10,13-14,16-17,19H2,1-8H3,(H,37,41)(H,42,43)/t24-,28+,31?/m1/s1. The number of carbonyl (C=O) groups excluding carboxylic acids is 1. The van der Waals surface area contributed by atoms with Gasteiger partial charge in [-0.1, -0.05) is 40.4 Å². The van der Waals surface area contributed by atoms with Gasteiger partial charge in [-0.15, -0.1) is 0 Å². The topological polar surface area (TPSA) is 148 Å². The van der Waals surface area contributed by atoms with Gasteiger partial charge in [-0.2, -0.15) is 0 Å². The summed E-state index contributed by atoms with van der Waals surface area (Å²) in [4.78, 5) is 36.9. The number of carboxylic acid groups (broad SMARTS) is 1. The molecule has 2 aliphatic rings. The minimum atomic E-state index is -1.35. The molecule has 3 heterocycles. The summed E-state index contributed by atoms with van der Waals surface area (Å²) >= 11 is 0. The molecule has 0 spiro atoms. The van der Waals surface area contributed by atoms with Crippen LogP contribution in [0.5, 0.6) is 11.5 Å². The van der Waals surface area contributed by atoms with Crippen molar-refractivity contribution in [3.05, 3.63) is 35.8 Å². The third-order valence-corrected chi connectivity index (χ3v) is 10.8. The first-order valence-corrected chi connectivity index (χ1v) is 20.0. The monoisotopic (exact) mass is 667 g/mol. The molecule has 47 heavy (non-hydrogen) atoms. The van der Waals surface area contributed by atoms with Crippen molar-refractivity contribution in [2.45, 2.75) is 91.1 Å². The molecule has 3 N–H and O–H groups in total. The van der Waals surface area contributed by atoms with Gasteiger partial charge in [-0.05, 0) is 49.3 Å². The molecule has 1 saturated heterocycles. The van der Waals surface area contributed by atoms with Crippen molar-refractivity contribution in [2.24, 2.45) is 11.3 Å². The number of methoxy groups -OCH3 is 1. The smallest absolute Gasteiger partial charge is 0.407 e. The van der Waals surface area contributed by atoms with Crippen LogP contribution in [-0.2, 0) is 11.5 Å². The van der Waals surface area contributed by atoms with Crippen LogP contribution >= 0.6 is 0 Å². The second-order valence-corrected chi connectivity index (χ2v) is 20.7. The Bertz CT molecular complexity index is 1630. The van der Waals surface area contributed by atoms with Gasteiger partial charge in [0.1, 0.15) is 35.8 Å². The molecule has 0 radical (unpaired) electrons. The predicted molar refractivity (Wildman–Crippen MR) is 182 cm³/mol. The Labute approximate surface area is 277 Å². The van der Waals surface area contributed by atoms with E-state index in [1.807, 2.05) is 50.5 Å². The van der Waals surface area contributed by atoms with Crippen LogP contribution in [-0.4, -0.2) is 94.8 Å². The Morgan fingerprint density at radius 3 is 2.49 bits per heavy atom. The lowest BCUT2D eigenvalue weighted by Crippen LogP contribution is -2.54. The van der Waals surface area contributed by atoms with Gasteiger partial charge < -0.3 is 39.2 Å². The van der Waals surface area contributed by atoms with Crippen molar-refractivity contribution >= 4 is 31.1 Å². The van der Waals surface area contributed by atoms with Crippen LogP contribution < -0.4 is 14.8 Å². The van der Waals surface area contributed by atoms with Gasteiger partial charge in [-0.3, -0.25) is 4.79 Å². The SMILES string of the molecule is COc1ccc(-c2ncnc3c(C(=O)N[C@@H]4C(C(C)(C)C)N(C(=O)O)C[C@H]4O)c(C)n(COCC[Si](C)(C)C)c23)c(OCC2CC2)c1. The van der Waals surface area contributed by atoms with E-state index >= 15 is 0 Å².